The molecule has 0 atom stereocenters. The minimum atomic E-state index is -0.650. The zero-order valence-electron chi connectivity index (χ0n) is 15.4. The van der Waals surface area contributed by atoms with E-state index in [0.717, 1.165) is 4.68 Å². The number of rotatable bonds is 7. The number of aromatic amines is 1. The maximum Gasteiger partial charge on any atom is 0.349 e. The van der Waals surface area contributed by atoms with Crippen LogP contribution in [0.2, 0.25) is 5.02 Å². The molecule has 3 rings (SSSR count). The Morgan fingerprint density at radius 3 is 2.79 bits per heavy atom. The number of hydrogen-bond acceptors (Lipinski definition) is 5. The fourth-order valence-corrected chi connectivity index (χ4v) is 3.27. The van der Waals surface area contributed by atoms with Gasteiger partial charge >= 0.3 is 5.69 Å². The molecule has 0 aliphatic heterocycles. The summed E-state index contributed by atoms with van der Waals surface area (Å²) < 4.78 is 12.4. The minimum Gasteiger partial charge on any atom is -0.490 e. The zero-order chi connectivity index (χ0) is 21.0. The lowest BCUT2D eigenvalue weighted by Gasteiger charge is -2.15. The molecule has 0 unspecified atom stereocenters. The van der Waals surface area contributed by atoms with E-state index in [9.17, 15) is 9.59 Å². The van der Waals surface area contributed by atoms with Crippen LogP contribution in [0, 0.1) is 0 Å². The molecule has 0 spiro atoms. The normalized spacial score (nSPS) is 11.1. The summed E-state index contributed by atoms with van der Waals surface area (Å²) in [5, 5.41) is 4.68. The maximum atomic E-state index is 12.6. The topological polar surface area (TPSA) is 85.7 Å². The number of nitrogens with one attached hydrogen (secondary N) is 1. The first-order valence-electron chi connectivity index (χ1n) is 8.64. The molecule has 0 radical (unpaired) electrons. The Kier molecular flexibility index (Phi) is 6.56. The molecule has 0 bridgehead atoms. The molecule has 150 valence electrons. The zero-order valence-corrected chi connectivity index (χ0v) is 17.8. The van der Waals surface area contributed by atoms with Gasteiger partial charge < -0.3 is 14.5 Å². The van der Waals surface area contributed by atoms with Crippen molar-refractivity contribution < 1.29 is 9.47 Å². The standard InChI is InChI=1S/C20H17BrClN3O4/c1-3-9-29-18-15(28-4-2)10-12(16(21)17(18)22)11-23-25-19(26)13-7-5-6-8-14(13)24-20(25)27/h3,5-8,10-11H,1,4,9H2,2H3,(H,24,27). The summed E-state index contributed by atoms with van der Waals surface area (Å²) in [7, 11) is 0. The number of halogens is 2. The molecule has 3 aromatic rings. The molecule has 1 heterocycles. The lowest BCUT2D eigenvalue weighted by Crippen LogP contribution is -2.32. The van der Waals surface area contributed by atoms with Crippen molar-refractivity contribution in [2.24, 2.45) is 5.10 Å². The summed E-state index contributed by atoms with van der Waals surface area (Å²) >= 11 is 9.81. The van der Waals surface area contributed by atoms with Crippen LogP contribution in [0.15, 0.2) is 62.1 Å². The van der Waals surface area contributed by atoms with Crippen LogP contribution in [0.1, 0.15) is 12.5 Å². The molecule has 0 aliphatic carbocycles. The third-order valence-electron chi connectivity index (χ3n) is 3.90. The van der Waals surface area contributed by atoms with E-state index in [1.54, 1.807) is 36.4 Å². The van der Waals surface area contributed by atoms with Gasteiger partial charge in [0.1, 0.15) is 11.6 Å². The second-order valence-electron chi connectivity index (χ2n) is 5.79. The van der Waals surface area contributed by atoms with Gasteiger partial charge in [0, 0.05) is 10.0 Å². The van der Waals surface area contributed by atoms with Crippen LogP contribution in [0.3, 0.4) is 0 Å². The molecule has 0 amide bonds. The number of ether oxygens (including phenoxy) is 2. The predicted molar refractivity (Wildman–Crippen MR) is 118 cm³/mol. The molecule has 2 aromatic carbocycles. The summed E-state index contributed by atoms with van der Waals surface area (Å²) in [6, 6.07) is 8.37. The van der Waals surface area contributed by atoms with Crippen molar-refractivity contribution in [3.05, 3.63) is 78.9 Å². The fraction of sp³-hybridized carbons (Fsp3) is 0.150. The summed E-state index contributed by atoms with van der Waals surface area (Å²) in [6.45, 7) is 6.09. The van der Waals surface area contributed by atoms with Crippen LogP contribution in [0.25, 0.3) is 10.9 Å². The largest absolute Gasteiger partial charge is 0.490 e. The number of nitrogens with zero attached hydrogens (tertiary/aromatic N) is 2. The number of fused-ring (bicyclic) bond motifs is 1. The monoisotopic (exact) mass is 477 g/mol. The second-order valence-corrected chi connectivity index (χ2v) is 6.96. The van der Waals surface area contributed by atoms with Gasteiger partial charge in [-0.2, -0.15) is 5.10 Å². The smallest absolute Gasteiger partial charge is 0.349 e. The van der Waals surface area contributed by atoms with E-state index >= 15 is 0 Å². The van der Waals surface area contributed by atoms with Crippen molar-refractivity contribution in [3.63, 3.8) is 0 Å². The van der Waals surface area contributed by atoms with Crippen molar-refractivity contribution in [2.75, 3.05) is 13.2 Å². The van der Waals surface area contributed by atoms with Crippen LogP contribution in [-0.2, 0) is 0 Å². The lowest BCUT2D eigenvalue weighted by atomic mass is 10.2. The molecular weight excluding hydrogens is 462 g/mol. The van der Waals surface area contributed by atoms with Gasteiger partial charge in [0.25, 0.3) is 5.56 Å². The molecule has 1 aromatic heterocycles. The van der Waals surface area contributed by atoms with Crippen LogP contribution in [-0.4, -0.2) is 29.1 Å². The van der Waals surface area contributed by atoms with Gasteiger partial charge in [-0.3, -0.25) is 4.79 Å². The number of H-pyrrole nitrogens is 1. The van der Waals surface area contributed by atoms with Crippen LogP contribution in [0.5, 0.6) is 11.5 Å². The highest BCUT2D eigenvalue weighted by Gasteiger charge is 2.17. The Morgan fingerprint density at radius 1 is 1.31 bits per heavy atom. The van der Waals surface area contributed by atoms with Crippen LogP contribution in [0.4, 0.5) is 0 Å². The summed E-state index contributed by atoms with van der Waals surface area (Å²) in [4.78, 5) is 27.5. The highest BCUT2D eigenvalue weighted by molar-refractivity contribution is 9.10. The lowest BCUT2D eigenvalue weighted by molar-refractivity contribution is 0.297. The Morgan fingerprint density at radius 2 is 2.07 bits per heavy atom. The highest BCUT2D eigenvalue weighted by atomic mass is 79.9. The Bertz CT molecular complexity index is 1220. The number of para-hydroxylation sites is 1. The van der Waals surface area contributed by atoms with Crippen molar-refractivity contribution >= 4 is 44.6 Å². The first kappa shape index (κ1) is 20.9. The van der Waals surface area contributed by atoms with Crippen molar-refractivity contribution in [3.8, 4) is 11.5 Å². The number of hydrogen-bond donors (Lipinski definition) is 1. The summed E-state index contributed by atoms with van der Waals surface area (Å²) in [5.41, 5.74) is -0.230. The van der Waals surface area contributed by atoms with Gasteiger partial charge in [-0.05, 0) is 41.1 Å². The highest BCUT2D eigenvalue weighted by Crippen LogP contribution is 2.42. The van der Waals surface area contributed by atoms with Crippen molar-refractivity contribution in [1.29, 1.82) is 0 Å². The molecule has 0 saturated heterocycles. The van der Waals surface area contributed by atoms with Crippen molar-refractivity contribution in [2.45, 2.75) is 6.92 Å². The van der Waals surface area contributed by atoms with Crippen LogP contribution >= 0.6 is 27.5 Å². The Balaban J connectivity index is 2.09. The molecular formula is C20H17BrClN3O4. The molecule has 0 aliphatic rings. The summed E-state index contributed by atoms with van der Waals surface area (Å²) in [5.74, 6) is 0.766. The van der Waals surface area contributed by atoms with Gasteiger partial charge in [0.05, 0.1) is 23.7 Å². The number of aromatic nitrogens is 2. The van der Waals surface area contributed by atoms with E-state index < -0.39 is 11.2 Å². The van der Waals surface area contributed by atoms with E-state index in [0.29, 0.717) is 39.0 Å². The molecule has 0 saturated carbocycles. The summed E-state index contributed by atoms with van der Waals surface area (Å²) in [6.07, 6.45) is 2.94. The third-order valence-corrected chi connectivity index (χ3v) is 5.34. The van der Waals surface area contributed by atoms with Crippen LogP contribution < -0.4 is 20.7 Å². The third kappa shape index (κ3) is 4.28. The Labute approximate surface area is 179 Å². The molecule has 7 nitrogen and oxygen atoms in total. The van der Waals surface area contributed by atoms with Gasteiger partial charge in [0.15, 0.2) is 11.5 Å². The van der Waals surface area contributed by atoms with Gasteiger partial charge in [-0.25, -0.2) is 4.79 Å². The number of benzene rings is 2. The average molecular weight is 479 g/mol. The molecule has 29 heavy (non-hydrogen) atoms. The Hall–Kier alpha value is -2.84. The van der Waals surface area contributed by atoms with Gasteiger partial charge in [-0.1, -0.05) is 36.4 Å². The second kappa shape index (κ2) is 9.11. The van der Waals surface area contributed by atoms with E-state index in [1.165, 1.54) is 6.21 Å². The fourth-order valence-electron chi connectivity index (χ4n) is 2.62. The van der Waals surface area contributed by atoms with E-state index in [2.05, 4.69) is 32.6 Å². The first-order valence-corrected chi connectivity index (χ1v) is 9.82. The van der Waals surface area contributed by atoms with E-state index in [-0.39, 0.29) is 11.6 Å². The molecule has 0 fully saturated rings. The van der Waals surface area contributed by atoms with Gasteiger partial charge in [-0.15, -0.1) is 4.68 Å². The van der Waals surface area contributed by atoms with Gasteiger partial charge in [0.2, 0.25) is 0 Å². The first-order chi connectivity index (χ1) is 14.0. The average Bonchev–Trinajstić information content (AvgIpc) is 2.71. The maximum absolute atomic E-state index is 12.6. The quantitative estimate of drug-likeness (QED) is 0.411. The SMILES string of the molecule is C=CCOc1c(OCC)cc(C=Nn2c(=O)[nH]c3ccccc3c2=O)c(Br)c1Cl. The van der Waals surface area contributed by atoms with E-state index in [4.69, 9.17) is 21.1 Å². The predicted octanol–water partition coefficient (Wildman–Crippen LogP) is 3.95. The minimum absolute atomic E-state index is 0.252. The molecule has 1 N–H and O–H groups in total. The van der Waals surface area contributed by atoms with Crippen molar-refractivity contribution in [1.82, 2.24) is 9.66 Å². The molecule has 9 heteroatoms. The van der Waals surface area contributed by atoms with E-state index in [1.807, 2.05) is 6.92 Å².